The second-order valence-electron chi connectivity index (χ2n) is 8.80. The number of methoxy groups -OCH3 is 1. The summed E-state index contributed by atoms with van der Waals surface area (Å²) in [6, 6.07) is 3.89. The molecule has 0 aromatic heterocycles. The topological polar surface area (TPSA) is 94.5 Å². The van der Waals surface area contributed by atoms with Gasteiger partial charge in [0.25, 0.3) is 0 Å². The van der Waals surface area contributed by atoms with Crippen molar-refractivity contribution >= 4 is 11.9 Å². The summed E-state index contributed by atoms with van der Waals surface area (Å²) in [4.78, 5) is 27.3. The highest BCUT2D eigenvalue weighted by atomic mass is 16.7. The van der Waals surface area contributed by atoms with Gasteiger partial charge in [0.15, 0.2) is 23.2 Å². The Morgan fingerprint density at radius 1 is 1.27 bits per heavy atom. The lowest BCUT2D eigenvalue weighted by atomic mass is 9.77. The molecule has 1 saturated heterocycles. The van der Waals surface area contributed by atoms with E-state index in [4.69, 9.17) is 18.9 Å². The summed E-state index contributed by atoms with van der Waals surface area (Å²) in [5.41, 5.74) is -0.317. The first-order chi connectivity index (χ1) is 14.2. The largest absolute Gasteiger partial charge is 0.497 e. The summed E-state index contributed by atoms with van der Waals surface area (Å²) in [7, 11) is 1.53. The molecule has 1 fully saturated rings. The van der Waals surface area contributed by atoms with E-state index in [1.165, 1.54) is 21.0 Å². The van der Waals surface area contributed by atoms with Gasteiger partial charge < -0.3 is 29.0 Å². The second kappa shape index (κ2) is 6.38. The maximum atomic E-state index is 12.8. The van der Waals surface area contributed by atoms with Crippen LogP contribution in [0.4, 0.5) is 0 Å². The maximum absolute atomic E-state index is 12.8. The van der Waals surface area contributed by atoms with Crippen LogP contribution in [-0.4, -0.2) is 59.6 Å². The van der Waals surface area contributed by atoms with Gasteiger partial charge in [-0.25, -0.2) is 4.79 Å². The number of amides is 1. The molecule has 1 spiro atoms. The molecule has 4 aliphatic rings. The Morgan fingerprint density at radius 2 is 2.00 bits per heavy atom. The van der Waals surface area contributed by atoms with Gasteiger partial charge >= 0.3 is 5.97 Å². The molecule has 8 nitrogen and oxygen atoms in total. The van der Waals surface area contributed by atoms with E-state index in [2.05, 4.69) is 0 Å². The first-order valence-corrected chi connectivity index (χ1v) is 10.2. The standard InChI is InChI=1S/C22H25NO7/c1-21(2,26)20(25)30-19-16(27-3)10-22-6-4-17(24)23(22)7-5-12-8-14-15(29-11-28-14)9-13(12)18(19)22/h8-10,18-19,26H,4-7,11H2,1-3H3/t18-,19-,22+/m0/s1. The van der Waals surface area contributed by atoms with Crippen LogP contribution in [0.15, 0.2) is 24.0 Å². The zero-order valence-corrected chi connectivity index (χ0v) is 17.3. The van der Waals surface area contributed by atoms with Gasteiger partial charge in [-0.1, -0.05) is 0 Å². The molecule has 0 bridgehead atoms. The number of ether oxygens (including phenoxy) is 4. The Kier molecular flexibility index (Phi) is 4.09. The van der Waals surface area contributed by atoms with Crippen LogP contribution in [-0.2, 0) is 25.5 Å². The summed E-state index contributed by atoms with van der Waals surface area (Å²) in [6.07, 6.45) is 2.87. The summed E-state index contributed by atoms with van der Waals surface area (Å²) in [6.45, 7) is 3.50. The number of carbonyl (C=O) groups is 2. The molecule has 30 heavy (non-hydrogen) atoms. The highest BCUT2D eigenvalue weighted by Crippen LogP contribution is 2.55. The van der Waals surface area contributed by atoms with Crippen molar-refractivity contribution in [3.8, 4) is 11.5 Å². The van der Waals surface area contributed by atoms with E-state index in [9.17, 15) is 14.7 Å². The van der Waals surface area contributed by atoms with Gasteiger partial charge in [-0.15, -0.1) is 0 Å². The minimum atomic E-state index is -1.65. The minimum Gasteiger partial charge on any atom is -0.497 e. The van der Waals surface area contributed by atoms with Crippen molar-refractivity contribution in [2.24, 2.45) is 0 Å². The molecule has 3 atom stereocenters. The van der Waals surface area contributed by atoms with E-state index in [1.54, 1.807) is 0 Å². The van der Waals surface area contributed by atoms with Crippen LogP contribution in [0.2, 0.25) is 0 Å². The van der Waals surface area contributed by atoms with Crippen molar-refractivity contribution < 1.29 is 33.6 Å². The molecule has 0 unspecified atom stereocenters. The lowest BCUT2D eigenvalue weighted by Crippen LogP contribution is -2.49. The van der Waals surface area contributed by atoms with Gasteiger partial charge in [0.05, 0.1) is 18.6 Å². The third-order valence-corrected chi connectivity index (χ3v) is 6.60. The Labute approximate surface area is 174 Å². The number of carbonyl (C=O) groups excluding carboxylic acids is 2. The maximum Gasteiger partial charge on any atom is 0.338 e. The number of rotatable bonds is 3. The van der Waals surface area contributed by atoms with Gasteiger partial charge in [0.1, 0.15) is 5.76 Å². The van der Waals surface area contributed by atoms with Crippen LogP contribution in [0.5, 0.6) is 11.5 Å². The number of hydrogen-bond donors (Lipinski definition) is 1. The molecule has 1 aliphatic carbocycles. The summed E-state index contributed by atoms with van der Waals surface area (Å²) in [5.74, 6) is 0.781. The van der Waals surface area contributed by atoms with Crippen LogP contribution < -0.4 is 9.47 Å². The average Bonchev–Trinajstić information content (AvgIpc) is 3.33. The van der Waals surface area contributed by atoms with Gasteiger partial charge in [0.2, 0.25) is 12.7 Å². The monoisotopic (exact) mass is 415 g/mol. The molecule has 1 aromatic rings. The van der Waals surface area contributed by atoms with E-state index >= 15 is 0 Å². The number of hydrogen-bond acceptors (Lipinski definition) is 7. The molecular formula is C22H25NO7. The predicted molar refractivity (Wildman–Crippen MR) is 104 cm³/mol. The van der Waals surface area contributed by atoms with Crippen molar-refractivity contribution in [1.82, 2.24) is 4.90 Å². The number of esters is 1. The first kappa shape index (κ1) is 19.2. The van der Waals surface area contributed by atoms with Crippen LogP contribution in [0.3, 0.4) is 0 Å². The fraction of sp³-hybridized carbons (Fsp3) is 0.545. The zero-order valence-electron chi connectivity index (χ0n) is 17.3. The third-order valence-electron chi connectivity index (χ3n) is 6.60. The number of fused-ring (bicyclic) bond motifs is 3. The first-order valence-electron chi connectivity index (χ1n) is 10.2. The Bertz CT molecular complexity index is 963. The lowest BCUT2D eigenvalue weighted by molar-refractivity contribution is -0.168. The van der Waals surface area contributed by atoms with E-state index in [-0.39, 0.29) is 18.6 Å². The quantitative estimate of drug-likeness (QED) is 0.750. The molecular weight excluding hydrogens is 390 g/mol. The van der Waals surface area contributed by atoms with Crippen LogP contribution in [0, 0.1) is 0 Å². The fourth-order valence-corrected chi connectivity index (χ4v) is 5.19. The Hall–Kier alpha value is -2.74. The molecule has 1 aromatic carbocycles. The molecule has 0 radical (unpaired) electrons. The van der Waals surface area contributed by atoms with E-state index in [1.807, 2.05) is 23.1 Å². The van der Waals surface area contributed by atoms with E-state index in [0.29, 0.717) is 43.1 Å². The van der Waals surface area contributed by atoms with E-state index < -0.39 is 23.2 Å². The average molecular weight is 415 g/mol. The minimum absolute atomic E-state index is 0.0778. The highest BCUT2D eigenvalue weighted by Gasteiger charge is 2.60. The number of benzene rings is 1. The molecule has 8 heteroatoms. The van der Waals surface area contributed by atoms with Crippen molar-refractivity contribution in [3.05, 3.63) is 35.1 Å². The summed E-state index contributed by atoms with van der Waals surface area (Å²) < 4.78 is 22.6. The lowest BCUT2D eigenvalue weighted by Gasteiger charge is -2.39. The van der Waals surface area contributed by atoms with Gasteiger partial charge in [-0.05, 0) is 56.0 Å². The predicted octanol–water partition coefficient (Wildman–Crippen LogP) is 1.64. The molecule has 3 aliphatic heterocycles. The van der Waals surface area contributed by atoms with Crippen molar-refractivity contribution in [1.29, 1.82) is 0 Å². The number of aliphatic hydroxyl groups is 1. The smallest absolute Gasteiger partial charge is 0.338 e. The molecule has 1 N–H and O–H groups in total. The van der Waals surface area contributed by atoms with Gasteiger partial charge in [-0.2, -0.15) is 0 Å². The van der Waals surface area contributed by atoms with Crippen molar-refractivity contribution in [2.45, 2.75) is 56.3 Å². The van der Waals surface area contributed by atoms with Gasteiger partial charge in [0, 0.05) is 13.0 Å². The molecule has 3 heterocycles. The van der Waals surface area contributed by atoms with Crippen LogP contribution in [0.25, 0.3) is 0 Å². The number of nitrogens with zero attached hydrogens (tertiary/aromatic N) is 1. The Morgan fingerprint density at radius 3 is 2.70 bits per heavy atom. The van der Waals surface area contributed by atoms with Crippen molar-refractivity contribution in [3.63, 3.8) is 0 Å². The van der Waals surface area contributed by atoms with Crippen molar-refractivity contribution in [2.75, 3.05) is 20.4 Å². The van der Waals surface area contributed by atoms with Gasteiger partial charge in [-0.3, -0.25) is 4.79 Å². The van der Waals surface area contributed by atoms with Crippen LogP contribution in [0.1, 0.15) is 43.7 Å². The second-order valence-corrected chi connectivity index (χ2v) is 8.80. The molecule has 0 saturated carbocycles. The van der Waals surface area contributed by atoms with E-state index in [0.717, 1.165) is 11.1 Å². The Balaban J connectivity index is 1.67. The summed E-state index contributed by atoms with van der Waals surface area (Å²) in [5, 5.41) is 10.2. The zero-order chi connectivity index (χ0) is 21.3. The molecule has 5 rings (SSSR count). The van der Waals surface area contributed by atoms with Crippen LogP contribution >= 0.6 is 0 Å². The third kappa shape index (κ3) is 2.62. The molecule has 1 amide bonds. The summed E-state index contributed by atoms with van der Waals surface area (Å²) >= 11 is 0. The highest BCUT2D eigenvalue weighted by molar-refractivity contribution is 5.82. The normalized spacial score (nSPS) is 29.0. The molecule has 160 valence electrons. The SMILES string of the molecule is COC1=C[C@@]23CCC(=O)N2CCc2cc4c(cc2[C@H]3[C@H]1OC(=O)C(C)(C)O)OCO4. The fourth-order valence-electron chi connectivity index (χ4n) is 5.19.